The summed E-state index contributed by atoms with van der Waals surface area (Å²) < 4.78 is 5.49. The predicted molar refractivity (Wildman–Crippen MR) is 68.9 cm³/mol. The van der Waals surface area contributed by atoms with E-state index in [0.29, 0.717) is 32.5 Å². The zero-order valence-corrected chi connectivity index (χ0v) is 11.5. The summed E-state index contributed by atoms with van der Waals surface area (Å²) >= 11 is 0. The van der Waals surface area contributed by atoms with Crippen molar-refractivity contribution < 1.29 is 19.4 Å². The number of urea groups is 1. The van der Waals surface area contributed by atoms with Crippen LogP contribution in [-0.2, 0) is 9.53 Å². The number of carbonyl (C=O) groups is 2. The van der Waals surface area contributed by atoms with Gasteiger partial charge in [0.15, 0.2) is 0 Å². The third-order valence-electron chi connectivity index (χ3n) is 4.41. The molecule has 2 unspecified atom stereocenters. The lowest BCUT2D eigenvalue weighted by Gasteiger charge is -2.35. The first-order chi connectivity index (χ1) is 8.92. The smallest absolute Gasteiger partial charge is 0.317 e. The molecule has 2 rings (SSSR count). The van der Waals surface area contributed by atoms with Gasteiger partial charge in [0.2, 0.25) is 0 Å². The molecular weight excluding hydrogens is 248 g/mol. The molecule has 0 aromatic carbocycles. The highest BCUT2D eigenvalue weighted by Crippen LogP contribution is 2.26. The van der Waals surface area contributed by atoms with Crippen molar-refractivity contribution in [1.82, 2.24) is 10.2 Å². The summed E-state index contributed by atoms with van der Waals surface area (Å²) in [4.78, 5) is 24.8. The van der Waals surface area contributed by atoms with E-state index in [1.807, 2.05) is 13.8 Å². The van der Waals surface area contributed by atoms with E-state index >= 15 is 0 Å². The van der Waals surface area contributed by atoms with E-state index in [1.165, 1.54) is 0 Å². The van der Waals surface area contributed by atoms with Gasteiger partial charge in [-0.2, -0.15) is 0 Å². The van der Waals surface area contributed by atoms with E-state index in [9.17, 15) is 9.59 Å². The Labute approximate surface area is 113 Å². The van der Waals surface area contributed by atoms with Crippen LogP contribution in [0, 0.1) is 5.92 Å². The van der Waals surface area contributed by atoms with Gasteiger partial charge in [0.1, 0.15) is 0 Å². The first kappa shape index (κ1) is 14.1. The van der Waals surface area contributed by atoms with Crippen LogP contribution in [0.25, 0.3) is 0 Å². The topological polar surface area (TPSA) is 78.9 Å². The Kier molecular flexibility index (Phi) is 3.99. The standard InChI is InChI=1S/C13H22N2O4/c1-9-13(2,5-8-19-9)14-12(18)15-6-3-10(4-7-15)11(16)17/h9-10H,3-8H2,1-2H3,(H,14,18)(H,16,17). The van der Waals surface area contributed by atoms with Gasteiger partial charge in [-0.3, -0.25) is 4.79 Å². The first-order valence-corrected chi connectivity index (χ1v) is 6.84. The molecular formula is C13H22N2O4. The number of rotatable bonds is 2. The zero-order chi connectivity index (χ0) is 14.0. The second kappa shape index (κ2) is 5.36. The van der Waals surface area contributed by atoms with E-state index in [4.69, 9.17) is 9.84 Å². The van der Waals surface area contributed by atoms with Crippen LogP contribution in [0.2, 0.25) is 0 Å². The third kappa shape index (κ3) is 3.00. The molecule has 6 nitrogen and oxygen atoms in total. The molecule has 0 spiro atoms. The lowest BCUT2D eigenvalue weighted by Crippen LogP contribution is -2.56. The number of amides is 2. The average molecular weight is 270 g/mol. The fourth-order valence-corrected chi connectivity index (χ4v) is 2.65. The van der Waals surface area contributed by atoms with E-state index in [0.717, 1.165) is 6.42 Å². The molecule has 2 atom stereocenters. The van der Waals surface area contributed by atoms with Gasteiger partial charge in [0.05, 0.1) is 17.6 Å². The van der Waals surface area contributed by atoms with E-state index in [2.05, 4.69) is 5.32 Å². The maximum atomic E-state index is 12.2. The number of carboxylic acids is 1. The fraction of sp³-hybridized carbons (Fsp3) is 0.846. The van der Waals surface area contributed by atoms with Crippen LogP contribution in [-0.4, -0.2) is 53.3 Å². The number of likely N-dealkylation sites (tertiary alicyclic amines) is 1. The Balaban J connectivity index is 1.86. The molecule has 19 heavy (non-hydrogen) atoms. The van der Waals surface area contributed by atoms with Gasteiger partial charge in [0.25, 0.3) is 0 Å². The van der Waals surface area contributed by atoms with Crippen molar-refractivity contribution in [3.63, 3.8) is 0 Å². The van der Waals surface area contributed by atoms with Crippen LogP contribution in [0.5, 0.6) is 0 Å². The Morgan fingerprint density at radius 3 is 2.47 bits per heavy atom. The summed E-state index contributed by atoms with van der Waals surface area (Å²) in [6.07, 6.45) is 1.88. The van der Waals surface area contributed by atoms with Gasteiger partial charge < -0.3 is 20.1 Å². The largest absolute Gasteiger partial charge is 0.481 e. The molecule has 2 aliphatic rings. The van der Waals surface area contributed by atoms with Crippen LogP contribution >= 0.6 is 0 Å². The number of nitrogens with one attached hydrogen (secondary N) is 1. The molecule has 6 heteroatoms. The summed E-state index contributed by atoms with van der Waals surface area (Å²) in [5.74, 6) is -1.07. The second-order valence-electron chi connectivity index (χ2n) is 5.71. The zero-order valence-electron chi connectivity index (χ0n) is 11.5. The number of nitrogens with zero attached hydrogens (tertiary/aromatic N) is 1. The van der Waals surface area contributed by atoms with Crippen LogP contribution < -0.4 is 5.32 Å². The maximum Gasteiger partial charge on any atom is 0.317 e. The highest BCUT2D eigenvalue weighted by atomic mass is 16.5. The number of carbonyl (C=O) groups excluding carboxylic acids is 1. The molecule has 108 valence electrons. The summed E-state index contributed by atoms with van der Waals surface area (Å²) in [5.41, 5.74) is -0.319. The molecule has 2 aliphatic heterocycles. The Bertz CT molecular complexity index is 366. The number of piperidine rings is 1. The molecule has 0 aromatic rings. The van der Waals surface area contributed by atoms with E-state index < -0.39 is 5.97 Å². The molecule has 0 aromatic heterocycles. The summed E-state index contributed by atoms with van der Waals surface area (Å²) in [6.45, 7) is 5.64. The van der Waals surface area contributed by atoms with Gasteiger partial charge >= 0.3 is 12.0 Å². The normalized spacial score (nSPS) is 32.3. The SMILES string of the molecule is CC1OCCC1(C)NC(=O)N1CCC(C(=O)O)CC1. The number of ether oxygens (including phenoxy) is 1. The highest BCUT2D eigenvalue weighted by molar-refractivity contribution is 5.76. The Morgan fingerprint density at radius 1 is 1.37 bits per heavy atom. The molecule has 2 N–H and O–H groups in total. The van der Waals surface area contributed by atoms with Crippen molar-refractivity contribution in [2.45, 2.75) is 44.8 Å². The molecule has 2 saturated heterocycles. The average Bonchev–Trinajstić information content (AvgIpc) is 2.69. The third-order valence-corrected chi connectivity index (χ3v) is 4.41. The first-order valence-electron chi connectivity index (χ1n) is 6.84. The van der Waals surface area contributed by atoms with Gasteiger partial charge in [-0.1, -0.05) is 0 Å². The Hall–Kier alpha value is -1.30. The lowest BCUT2D eigenvalue weighted by atomic mass is 9.94. The second-order valence-corrected chi connectivity index (χ2v) is 5.71. The maximum absolute atomic E-state index is 12.2. The number of hydrogen-bond donors (Lipinski definition) is 2. The van der Waals surface area contributed by atoms with Crippen LogP contribution in [0.3, 0.4) is 0 Å². The molecule has 2 heterocycles. The van der Waals surface area contributed by atoms with Crippen LogP contribution in [0.15, 0.2) is 0 Å². The van der Waals surface area contributed by atoms with Crippen molar-refractivity contribution in [3.05, 3.63) is 0 Å². The molecule has 0 saturated carbocycles. The summed E-state index contributed by atoms with van der Waals surface area (Å²) in [6, 6.07) is -0.108. The highest BCUT2D eigenvalue weighted by Gasteiger charge is 2.39. The number of carboxylic acid groups (broad SMARTS) is 1. The lowest BCUT2D eigenvalue weighted by molar-refractivity contribution is -0.143. The van der Waals surface area contributed by atoms with Gasteiger partial charge in [-0.05, 0) is 33.1 Å². The molecule has 0 aliphatic carbocycles. The van der Waals surface area contributed by atoms with Crippen LogP contribution in [0.4, 0.5) is 4.79 Å². The summed E-state index contributed by atoms with van der Waals surface area (Å²) in [7, 11) is 0. The van der Waals surface area contributed by atoms with Crippen molar-refractivity contribution in [3.8, 4) is 0 Å². The van der Waals surface area contributed by atoms with Crippen LogP contribution in [0.1, 0.15) is 33.1 Å². The predicted octanol–water partition coefficient (Wildman–Crippen LogP) is 1.06. The van der Waals surface area contributed by atoms with E-state index in [-0.39, 0.29) is 23.6 Å². The summed E-state index contributed by atoms with van der Waals surface area (Å²) in [5, 5.41) is 12.0. The molecule has 0 radical (unpaired) electrons. The fourth-order valence-electron chi connectivity index (χ4n) is 2.65. The molecule has 0 bridgehead atoms. The minimum Gasteiger partial charge on any atom is -0.481 e. The van der Waals surface area contributed by atoms with E-state index in [1.54, 1.807) is 4.90 Å². The van der Waals surface area contributed by atoms with Crippen molar-refractivity contribution >= 4 is 12.0 Å². The van der Waals surface area contributed by atoms with Gasteiger partial charge in [-0.15, -0.1) is 0 Å². The number of hydrogen-bond acceptors (Lipinski definition) is 3. The monoisotopic (exact) mass is 270 g/mol. The molecule has 2 amide bonds. The minimum atomic E-state index is -0.759. The van der Waals surface area contributed by atoms with Crippen molar-refractivity contribution in [2.24, 2.45) is 5.92 Å². The van der Waals surface area contributed by atoms with Gasteiger partial charge in [0, 0.05) is 19.7 Å². The number of aliphatic carboxylic acids is 1. The quantitative estimate of drug-likeness (QED) is 0.786. The molecule has 2 fully saturated rings. The van der Waals surface area contributed by atoms with Crippen molar-refractivity contribution in [2.75, 3.05) is 19.7 Å². The Morgan fingerprint density at radius 2 is 2.00 bits per heavy atom. The minimum absolute atomic E-state index is 0.00742. The van der Waals surface area contributed by atoms with Crippen molar-refractivity contribution in [1.29, 1.82) is 0 Å². The van der Waals surface area contributed by atoms with Gasteiger partial charge in [-0.25, -0.2) is 4.79 Å².